The van der Waals surface area contributed by atoms with Gasteiger partial charge >= 0.3 is 0 Å². The van der Waals surface area contributed by atoms with Gasteiger partial charge in [0.15, 0.2) is 0 Å². The van der Waals surface area contributed by atoms with Crippen molar-refractivity contribution in [3.63, 3.8) is 0 Å². The highest BCUT2D eigenvalue weighted by Crippen LogP contribution is 2.09. The lowest BCUT2D eigenvalue weighted by molar-refractivity contribution is 0.205. The zero-order valence-corrected chi connectivity index (χ0v) is 12.6. The highest BCUT2D eigenvalue weighted by molar-refractivity contribution is 14.1. The lowest BCUT2D eigenvalue weighted by Crippen LogP contribution is -2.32. The van der Waals surface area contributed by atoms with Gasteiger partial charge in [-0.2, -0.15) is 0 Å². The van der Waals surface area contributed by atoms with Gasteiger partial charge in [-0.05, 0) is 22.6 Å². The third kappa shape index (κ3) is 5.55. The van der Waals surface area contributed by atoms with Crippen LogP contribution in [0, 0.1) is 3.57 Å². The van der Waals surface area contributed by atoms with E-state index in [1.807, 2.05) is 4.90 Å². The molecular weight excluding hydrogens is 351 g/mol. The minimum absolute atomic E-state index is 0.498. The Labute approximate surface area is 120 Å². The van der Waals surface area contributed by atoms with Crippen LogP contribution in [-0.2, 0) is 4.74 Å². The summed E-state index contributed by atoms with van der Waals surface area (Å²) in [6.45, 7) is 2.05. The van der Waals surface area contributed by atoms with Crippen LogP contribution in [0.25, 0.3) is 0 Å². The summed E-state index contributed by atoms with van der Waals surface area (Å²) < 4.78 is 6.07. The zero-order valence-electron chi connectivity index (χ0n) is 9.60. The minimum Gasteiger partial charge on any atom is -0.393 e. The molecule has 2 N–H and O–H groups in total. The Kier molecular flexibility index (Phi) is 6.60. The van der Waals surface area contributed by atoms with E-state index in [0.29, 0.717) is 30.5 Å². The van der Waals surface area contributed by atoms with Crippen molar-refractivity contribution in [2.75, 3.05) is 31.7 Å². The molecule has 1 heterocycles. The molecule has 0 unspecified atom stereocenters. The largest absolute Gasteiger partial charge is 0.393 e. The highest BCUT2D eigenvalue weighted by atomic mass is 127. The second kappa shape index (κ2) is 7.72. The van der Waals surface area contributed by atoms with Crippen LogP contribution in [0.2, 0.25) is 0 Å². The van der Waals surface area contributed by atoms with E-state index in [4.69, 9.17) is 22.7 Å². The molecule has 5 nitrogen and oxygen atoms in total. The van der Waals surface area contributed by atoms with Crippen molar-refractivity contribution in [1.29, 1.82) is 0 Å². The molecular formula is C10H15IN4OS. The lowest BCUT2D eigenvalue weighted by atomic mass is 10.4. The van der Waals surface area contributed by atoms with Gasteiger partial charge in [0, 0.05) is 42.6 Å². The van der Waals surface area contributed by atoms with Crippen LogP contribution in [0.5, 0.6) is 0 Å². The van der Waals surface area contributed by atoms with Gasteiger partial charge in [0.2, 0.25) is 5.95 Å². The van der Waals surface area contributed by atoms with Crippen molar-refractivity contribution in [3.8, 4) is 0 Å². The average Bonchev–Trinajstić information content (AvgIpc) is 2.30. The van der Waals surface area contributed by atoms with Crippen molar-refractivity contribution < 1.29 is 4.74 Å². The van der Waals surface area contributed by atoms with E-state index in [2.05, 4.69) is 32.6 Å². The van der Waals surface area contributed by atoms with Crippen LogP contribution >= 0.6 is 34.8 Å². The molecule has 17 heavy (non-hydrogen) atoms. The summed E-state index contributed by atoms with van der Waals surface area (Å²) in [6.07, 6.45) is 4.21. The van der Waals surface area contributed by atoms with Crippen molar-refractivity contribution in [3.05, 3.63) is 16.0 Å². The summed E-state index contributed by atoms with van der Waals surface area (Å²) in [7, 11) is 1.67. The quantitative estimate of drug-likeness (QED) is 0.578. The first-order valence-electron chi connectivity index (χ1n) is 5.13. The maximum atomic E-state index is 5.50. The van der Waals surface area contributed by atoms with Crippen LogP contribution in [0.15, 0.2) is 12.4 Å². The number of nitrogens with zero attached hydrogens (tertiary/aromatic N) is 3. The van der Waals surface area contributed by atoms with Crippen LogP contribution in [0.3, 0.4) is 0 Å². The molecule has 0 saturated carbocycles. The van der Waals surface area contributed by atoms with Gasteiger partial charge in [0.1, 0.15) is 0 Å². The molecule has 0 aliphatic rings. The number of halogens is 1. The Morgan fingerprint density at radius 2 is 2.12 bits per heavy atom. The predicted octanol–water partition coefficient (Wildman–Crippen LogP) is 1.21. The van der Waals surface area contributed by atoms with Crippen molar-refractivity contribution >= 4 is 45.7 Å². The number of methoxy groups -OCH3 is 1. The van der Waals surface area contributed by atoms with E-state index >= 15 is 0 Å². The van der Waals surface area contributed by atoms with E-state index in [1.54, 1.807) is 19.5 Å². The number of aromatic nitrogens is 2. The van der Waals surface area contributed by atoms with Gasteiger partial charge in [-0.25, -0.2) is 9.97 Å². The molecule has 0 bridgehead atoms. The van der Waals surface area contributed by atoms with Crippen LogP contribution < -0.4 is 10.6 Å². The van der Waals surface area contributed by atoms with E-state index in [-0.39, 0.29) is 0 Å². The topological polar surface area (TPSA) is 64.3 Å². The molecule has 0 aliphatic carbocycles. The minimum atomic E-state index is 0.498. The average molecular weight is 366 g/mol. The number of anilines is 1. The standard InChI is InChI=1S/C10H15IN4OS/c1-16-5-4-15(3-2-9(12)17)10-13-6-8(11)7-14-10/h6-7H,2-5H2,1H3,(H2,12,17). The number of thiocarbonyl (C=S) groups is 1. The molecule has 7 heteroatoms. The van der Waals surface area contributed by atoms with Crippen molar-refractivity contribution in [2.24, 2.45) is 5.73 Å². The van der Waals surface area contributed by atoms with E-state index in [9.17, 15) is 0 Å². The Balaban J connectivity index is 2.67. The predicted molar refractivity (Wildman–Crippen MR) is 80.2 cm³/mol. The summed E-state index contributed by atoms with van der Waals surface area (Å²) in [4.78, 5) is 11.1. The molecule has 0 atom stereocenters. The molecule has 1 aromatic heterocycles. The van der Waals surface area contributed by atoms with Crippen LogP contribution in [0.1, 0.15) is 6.42 Å². The number of hydrogen-bond donors (Lipinski definition) is 1. The smallest absolute Gasteiger partial charge is 0.225 e. The molecule has 0 aromatic carbocycles. The number of nitrogens with two attached hydrogens (primary N) is 1. The fourth-order valence-corrected chi connectivity index (χ4v) is 1.60. The Bertz CT molecular complexity index is 360. The molecule has 0 aliphatic heterocycles. The molecule has 0 amide bonds. The molecule has 94 valence electrons. The van der Waals surface area contributed by atoms with Gasteiger partial charge in [-0.1, -0.05) is 12.2 Å². The molecule has 0 fully saturated rings. The summed E-state index contributed by atoms with van der Waals surface area (Å²) in [5.74, 6) is 0.679. The monoisotopic (exact) mass is 366 g/mol. The van der Waals surface area contributed by atoms with Gasteiger partial charge in [-0.15, -0.1) is 0 Å². The third-order valence-electron chi connectivity index (χ3n) is 2.08. The number of hydrogen-bond acceptors (Lipinski definition) is 5. The summed E-state index contributed by atoms with van der Waals surface area (Å²) >= 11 is 7.05. The number of rotatable bonds is 7. The Morgan fingerprint density at radius 3 is 2.65 bits per heavy atom. The van der Waals surface area contributed by atoms with Crippen molar-refractivity contribution in [1.82, 2.24) is 9.97 Å². The Hall–Kier alpha value is -0.540. The zero-order chi connectivity index (χ0) is 12.7. The first-order valence-corrected chi connectivity index (χ1v) is 6.62. The third-order valence-corrected chi connectivity index (χ3v) is 2.84. The molecule has 0 saturated heterocycles. The normalized spacial score (nSPS) is 10.2. The van der Waals surface area contributed by atoms with Gasteiger partial charge in [0.25, 0.3) is 0 Å². The van der Waals surface area contributed by atoms with Crippen molar-refractivity contribution in [2.45, 2.75) is 6.42 Å². The first-order chi connectivity index (χ1) is 8.13. The van der Waals surface area contributed by atoms with E-state index < -0.39 is 0 Å². The number of ether oxygens (including phenoxy) is 1. The fourth-order valence-electron chi connectivity index (χ4n) is 1.23. The second-order valence-corrected chi connectivity index (χ2v) is 5.17. The fraction of sp³-hybridized carbons (Fsp3) is 0.500. The maximum Gasteiger partial charge on any atom is 0.225 e. The molecule has 0 radical (unpaired) electrons. The van der Waals surface area contributed by atoms with Gasteiger partial charge in [0.05, 0.1) is 11.6 Å². The van der Waals surface area contributed by atoms with E-state index in [0.717, 1.165) is 10.1 Å². The van der Waals surface area contributed by atoms with Gasteiger partial charge in [-0.3, -0.25) is 0 Å². The van der Waals surface area contributed by atoms with Crippen LogP contribution in [-0.4, -0.2) is 41.8 Å². The SMILES string of the molecule is COCCN(CCC(N)=S)c1ncc(I)cn1. The summed E-state index contributed by atoms with van der Waals surface area (Å²) in [5.41, 5.74) is 5.50. The molecule has 0 spiro atoms. The molecule has 1 rings (SSSR count). The summed E-state index contributed by atoms with van der Waals surface area (Å²) in [5, 5.41) is 0. The van der Waals surface area contributed by atoms with Crippen LogP contribution in [0.4, 0.5) is 5.95 Å². The highest BCUT2D eigenvalue weighted by Gasteiger charge is 2.09. The maximum absolute atomic E-state index is 5.50. The molecule has 1 aromatic rings. The second-order valence-electron chi connectivity index (χ2n) is 3.40. The van der Waals surface area contributed by atoms with E-state index in [1.165, 1.54) is 0 Å². The summed E-state index contributed by atoms with van der Waals surface area (Å²) in [6, 6.07) is 0. The first kappa shape index (κ1) is 14.5. The Morgan fingerprint density at radius 1 is 1.47 bits per heavy atom. The van der Waals surface area contributed by atoms with Gasteiger partial charge < -0.3 is 15.4 Å². The lowest BCUT2D eigenvalue weighted by Gasteiger charge is -2.21.